The van der Waals surface area contributed by atoms with Crippen molar-refractivity contribution < 1.29 is 23.8 Å². The van der Waals surface area contributed by atoms with Gasteiger partial charge >= 0.3 is 0 Å². The number of rotatable bonds is 6. The van der Waals surface area contributed by atoms with Gasteiger partial charge in [-0.2, -0.15) is 0 Å². The number of nitrogens with one attached hydrogen (secondary N) is 1. The first-order valence-corrected chi connectivity index (χ1v) is 11.0. The summed E-state index contributed by atoms with van der Waals surface area (Å²) in [7, 11) is 0. The van der Waals surface area contributed by atoms with Crippen molar-refractivity contribution in [3.8, 4) is 11.5 Å². The molecule has 2 amide bonds. The van der Waals surface area contributed by atoms with Crippen molar-refractivity contribution in [1.82, 2.24) is 5.32 Å². The number of aryl methyl sites for hydroxylation is 1. The van der Waals surface area contributed by atoms with E-state index in [0.717, 1.165) is 18.5 Å². The lowest BCUT2D eigenvalue weighted by atomic mass is 9.77. The van der Waals surface area contributed by atoms with Crippen molar-refractivity contribution >= 4 is 17.5 Å². The third-order valence-electron chi connectivity index (χ3n) is 6.86. The standard InChI is InChI=1S/C25H24N2O5/c28-23(26-12-4-7-16-5-2-1-3-6-16)21-19-10-11-25(32-19)14-27(24(29)22(21)25)17-8-9-18-20(13-17)31-15-30-18/h1-3,5-6,8-11,13,19,21-22H,4,7,12,14-15H2,(H,26,28). The van der Waals surface area contributed by atoms with Crippen molar-refractivity contribution in [2.45, 2.75) is 24.5 Å². The van der Waals surface area contributed by atoms with E-state index < -0.39 is 17.4 Å². The van der Waals surface area contributed by atoms with E-state index >= 15 is 0 Å². The van der Waals surface area contributed by atoms with Crippen LogP contribution in [-0.4, -0.2) is 43.4 Å². The Balaban J connectivity index is 1.15. The van der Waals surface area contributed by atoms with Crippen molar-refractivity contribution in [2.75, 3.05) is 24.8 Å². The number of ether oxygens (including phenoxy) is 3. The lowest BCUT2D eigenvalue weighted by molar-refractivity contribution is -0.131. The second-order valence-electron chi connectivity index (χ2n) is 8.74. The Labute approximate surface area is 185 Å². The lowest BCUT2D eigenvalue weighted by Gasteiger charge is -2.23. The molecule has 0 aromatic heterocycles. The fourth-order valence-corrected chi connectivity index (χ4v) is 5.34. The number of hydrogen-bond acceptors (Lipinski definition) is 5. The molecule has 4 atom stereocenters. The van der Waals surface area contributed by atoms with Gasteiger partial charge in [0.15, 0.2) is 11.5 Å². The average Bonchev–Trinajstić information content (AvgIpc) is 3.57. The topological polar surface area (TPSA) is 77.1 Å². The first-order chi connectivity index (χ1) is 15.6. The van der Waals surface area contributed by atoms with Crippen molar-refractivity contribution in [3.05, 3.63) is 66.2 Å². The zero-order chi connectivity index (χ0) is 21.7. The van der Waals surface area contributed by atoms with Gasteiger partial charge in [-0.25, -0.2) is 0 Å². The Morgan fingerprint density at radius 1 is 1.12 bits per heavy atom. The van der Waals surface area contributed by atoms with E-state index in [0.29, 0.717) is 24.6 Å². The number of anilines is 1. The molecule has 6 rings (SSSR count). The van der Waals surface area contributed by atoms with Gasteiger partial charge in [-0.1, -0.05) is 42.5 Å². The summed E-state index contributed by atoms with van der Waals surface area (Å²) < 4.78 is 17.1. The average molecular weight is 432 g/mol. The minimum absolute atomic E-state index is 0.0832. The summed E-state index contributed by atoms with van der Waals surface area (Å²) in [5.74, 6) is 0.0718. The SMILES string of the molecule is O=C(NCCCc1ccccc1)C1C2C=CC3(CN(c4ccc5c(c4)OCO5)C(=O)C13)O2. The molecule has 1 spiro atoms. The van der Waals surface area contributed by atoms with E-state index in [2.05, 4.69) is 17.4 Å². The fraction of sp³-hybridized carbons (Fsp3) is 0.360. The minimum atomic E-state index is -0.746. The molecular formula is C25H24N2O5. The van der Waals surface area contributed by atoms with Crippen LogP contribution in [0.4, 0.5) is 5.69 Å². The molecular weight excluding hydrogens is 408 g/mol. The van der Waals surface area contributed by atoms with Gasteiger partial charge < -0.3 is 24.4 Å². The number of fused-ring (bicyclic) bond motifs is 2. The molecule has 32 heavy (non-hydrogen) atoms. The monoisotopic (exact) mass is 432 g/mol. The largest absolute Gasteiger partial charge is 0.454 e. The third kappa shape index (κ3) is 2.99. The van der Waals surface area contributed by atoms with Crippen LogP contribution in [0.5, 0.6) is 11.5 Å². The summed E-state index contributed by atoms with van der Waals surface area (Å²) in [6, 6.07) is 15.7. The predicted octanol–water partition coefficient (Wildman–Crippen LogP) is 2.45. The van der Waals surface area contributed by atoms with Crippen LogP contribution < -0.4 is 19.7 Å². The van der Waals surface area contributed by atoms with Crippen molar-refractivity contribution in [1.29, 1.82) is 0 Å². The maximum absolute atomic E-state index is 13.5. The van der Waals surface area contributed by atoms with Crippen LogP contribution in [-0.2, 0) is 20.7 Å². The van der Waals surface area contributed by atoms with Crippen molar-refractivity contribution in [2.24, 2.45) is 11.8 Å². The smallest absolute Gasteiger partial charge is 0.234 e. The summed E-state index contributed by atoms with van der Waals surface area (Å²) in [6.45, 7) is 1.14. The number of hydrogen-bond donors (Lipinski definition) is 1. The van der Waals surface area contributed by atoms with Crippen LogP contribution in [0.2, 0.25) is 0 Å². The number of amides is 2. The van der Waals surface area contributed by atoms with Crippen LogP contribution in [0.1, 0.15) is 12.0 Å². The molecule has 1 N–H and O–H groups in total. The molecule has 0 aliphatic carbocycles. The molecule has 2 aromatic rings. The molecule has 0 saturated carbocycles. The first kappa shape index (κ1) is 19.4. The number of nitrogens with zero attached hydrogens (tertiary/aromatic N) is 1. The Morgan fingerprint density at radius 3 is 2.84 bits per heavy atom. The van der Waals surface area contributed by atoms with Crippen LogP contribution in [0.25, 0.3) is 0 Å². The summed E-state index contributed by atoms with van der Waals surface area (Å²) in [5, 5.41) is 3.04. The Bertz CT molecular complexity index is 1100. The first-order valence-electron chi connectivity index (χ1n) is 11.0. The third-order valence-corrected chi connectivity index (χ3v) is 6.86. The van der Waals surface area contributed by atoms with Gasteiger partial charge in [0.25, 0.3) is 0 Å². The zero-order valence-corrected chi connectivity index (χ0v) is 17.5. The van der Waals surface area contributed by atoms with Crippen LogP contribution in [0.3, 0.4) is 0 Å². The highest BCUT2D eigenvalue weighted by Crippen LogP contribution is 2.53. The molecule has 4 aliphatic rings. The highest BCUT2D eigenvalue weighted by atomic mass is 16.7. The molecule has 4 unspecified atom stereocenters. The summed E-state index contributed by atoms with van der Waals surface area (Å²) in [5.41, 5.74) is 1.23. The Hall–Kier alpha value is -3.32. The van der Waals surface area contributed by atoms with Gasteiger partial charge in [0.1, 0.15) is 5.60 Å². The van der Waals surface area contributed by atoms with E-state index in [1.165, 1.54) is 5.56 Å². The predicted molar refractivity (Wildman–Crippen MR) is 116 cm³/mol. The highest BCUT2D eigenvalue weighted by molar-refractivity contribution is 6.03. The summed E-state index contributed by atoms with van der Waals surface area (Å²) in [4.78, 5) is 28.3. The van der Waals surface area contributed by atoms with Gasteiger partial charge in [-0.3, -0.25) is 9.59 Å². The maximum atomic E-state index is 13.5. The van der Waals surface area contributed by atoms with Crippen molar-refractivity contribution in [3.63, 3.8) is 0 Å². The van der Waals surface area contributed by atoms with E-state index in [-0.39, 0.29) is 24.7 Å². The van der Waals surface area contributed by atoms with E-state index in [1.807, 2.05) is 48.6 Å². The quantitative estimate of drug-likeness (QED) is 0.561. The molecule has 2 aromatic carbocycles. The highest BCUT2D eigenvalue weighted by Gasteiger charge is 2.67. The van der Waals surface area contributed by atoms with Crippen LogP contribution in [0.15, 0.2) is 60.7 Å². The van der Waals surface area contributed by atoms with E-state index in [1.54, 1.807) is 4.90 Å². The van der Waals surface area contributed by atoms with Gasteiger partial charge in [-0.05, 0) is 30.5 Å². The molecule has 0 radical (unpaired) electrons. The molecule has 7 heteroatoms. The summed E-state index contributed by atoms with van der Waals surface area (Å²) in [6.07, 6.45) is 5.29. The number of carbonyl (C=O) groups is 2. The second-order valence-corrected chi connectivity index (χ2v) is 8.74. The van der Waals surface area contributed by atoms with Gasteiger partial charge in [0.2, 0.25) is 18.6 Å². The van der Waals surface area contributed by atoms with Gasteiger partial charge in [0.05, 0.1) is 24.5 Å². The minimum Gasteiger partial charge on any atom is -0.454 e. The van der Waals surface area contributed by atoms with Crippen LogP contribution in [0, 0.1) is 11.8 Å². The molecule has 7 nitrogen and oxygen atoms in total. The Morgan fingerprint density at radius 2 is 1.97 bits per heavy atom. The van der Waals surface area contributed by atoms with E-state index in [4.69, 9.17) is 14.2 Å². The lowest BCUT2D eigenvalue weighted by Crippen LogP contribution is -2.44. The van der Waals surface area contributed by atoms with Gasteiger partial charge in [-0.15, -0.1) is 0 Å². The van der Waals surface area contributed by atoms with Crippen LogP contribution >= 0.6 is 0 Å². The Kier molecular flexibility index (Phi) is 4.47. The zero-order valence-electron chi connectivity index (χ0n) is 17.5. The molecule has 4 aliphatic heterocycles. The fourth-order valence-electron chi connectivity index (χ4n) is 5.34. The number of benzene rings is 2. The van der Waals surface area contributed by atoms with E-state index in [9.17, 15) is 9.59 Å². The molecule has 164 valence electrons. The van der Waals surface area contributed by atoms with Gasteiger partial charge in [0, 0.05) is 18.3 Å². The second kappa shape index (κ2) is 7.38. The summed E-state index contributed by atoms with van der Waals surface area (Å²) >= 11 is 0. The maximum Gasteiger partial charge on any atom is 0.234 e. The molecule has 4 heterocycles. The molecule has 2 fully saturated rings. The molecule has 2 saturated heterocycles. The number of carbonyl (C=O) groups excluding carboxylic acids is 2. The normalized spacial score (nSPS) is 28.9. The molecule has 2 bridgehead atoms.